The average molecular weight is 410 g/mol. The van der Waals surface area contributed by atoms with E-state index in [1.54, 1.807) is 36.6 Å². The SMILES string of the molecule is COC(=O)C1=C2C=C([S+](C)[O-])C(C(=O)c3ccc(Br)cc3)N2CC1. The van der Waals surface area contributed by atoms with Crippen LogP contribution in [-0.4, -0.2) is 47.2 Å². The zero-order valence-corrected chi connectivity index (χ0v) is 15.6. The monoisotopic (exact) mass is 409 g/mol. The van der Waals surface area contributed by atoms with Crippen molar-refractivity contribution in [1.82, 2.24) is 4.90 Å². The third-order valence-electron chi connectivity index (χ3n) is 4.22. The van der Waals surface area contributed by atoms with Crippen molar-refractivity contribution in [3.05, 3.63) is 56.6 Å². The number of ether oxygens (including phenoxy) is 1. The number of methoxy groups -OCH3 is 1. The van der Waals surface area contributed by atoms with E-state index < -0.39 is 23.2 Å². The first-order valence-corrected chi connectivity index (χ1v) is 9.72. The predicted molar refractivity (Wildman–Crippen MR) is 94.8 cm³/mol. The van der Waals surface area contributed by atoms with Crippen LogP contribution in [0.4, 0.5) is 0 Å². The van der Waals surface area contributed by atoms with Crippen LogP contribution in [0.15, 0.2) is 51.0 Å². The molecule has 2 aliphatic rings. The number of hydrogen-bond donors (Lipinski definition) is 0. The van der Waals surface area contributed by atoms with Crippen LogP contribution in [0.25, 0.3) is 0 Å². The van der Waals surface area contributed by atoms with E-state index in [4.69, 9.17) is 4.74 Å². The van der Waals surface area contributed by atoms with Crippen molar-refractivity contribution < 1.29 is 18.9 Å². The van der Waals surface area contributed by atoms with E-state index in [2.05, 4.69) is 15.9 Å². The molecule has 1 aromatic rings. The minimum Gasteiger partial charge on any atom is -0.612 e. The molecule has 0 N–H and O–H groups in total. The number of hydrogen-bond acceptors (Lipinski definition) is 5. The molecule has 0 spiro atoms. The van der Waals surface area contributed by atoms with Gasteiger partial charge in [0.1, 0.15) is 6.26 Å². The highest BCUT2D eigenvalue weighted by Gasteiger charge is 2.45. The lowest BCUT2D eigenvalue weighted by Gasteiger charge is -2.24. The summed E-state index contributed by atoms with van der Waals surface area (Å²) in [7, 11) is 1.33. The Bertz CT molecular complexity index is 754. The van der Waals surface area contributed by atoms with Crippen molar-refractivity contribution in [2.24, 2.45) is 0 Å². The summed E-state index contributed by atoms with van der Waals surface area (Å²) in [6, 6.07) is 6.45. The second-order valence-corrected chi connectivity index (χ2v) is 7.87. The summed E-state index contributed by atoms with van der Waals surface area (Å²) in [4.78, 5) is 27.3. The van der Waals surface area contributed by atoms with Crippen molar-refractivity contribution >= 4 is 38.9 Å². The van der Waals surface area contributed by atoms with Gasteiger partial charge >= 0.3 is 5.97 Å². The standard InChI is InChI=1S/C17H16BrNO4S/c1-23-17(21)12-7-8-19-13(12)9-14(24(2)22)15(19)16(20)10-3-5-11(18)6-4-10/h3-6,9,15H,7-8H2,1-2H3. The van der Waals surface area contributed by atoms with Crippen LogP contribution in [0.2, 0.25) is 0 Å². The highest BCUT2D eigenvalue weighted by molar-refractivity contribution is 9.10. The van der Waals surface area contributed by atoms with Gasteiger partial charge in [-0.15, -0.1) is 0 Å². The van der Waals surface area contributed by atoms with Gasteiger partial charge in [0.25, 0.3) is 0 Å². The van der Waals surface area contributed by atoms with Crippen LogP contribution < -0.4 is 0 Å². The molecule has 5 nitrogen and oxygen atoms in total. The Balaban J connectivity index is 2.00. The van der Waals surface area contributed by atoms with Gasteiger partial charge in [0.15, 0.2) is 16.7 Å². The van der Waals surface area contributed by atoms with Crippen LogP contribution in [0.1, 0.15) is 16.8 Å². The zero-order valence-electron chi connectivity index (χ0n) is 13.2. The van der Waals surface area contributed by atoms with E-state index in [9.17, 15) is 14.1 Å². The van der Waals surface area contributed by atoms with Crippen molar-refractivity contribution in [1.29, 1.82) is 0 Å². The van der Waals surface area contributed by atoms with E-state index in [0.717, 1.165) is 4.47 Å². The van der Waals surface area contributed by atoms with Gasteiger partial charge in [0.2, 0.25) is 0 Å². The molecule has 7 heteroatoms. The number of allylic oxidation sites excluding steroid dienone is 1. The Hall–Kier alpha value is -1.57. The minimum absolute atomic E-state index is 0.120. The summed E-state index contributed by atoms with van der Waals surface area (Å²) in [6.07, 6.45) is 3.78. The minimum atomic E-state index is -1.31. The van der Waals surface area contributed by atoms with Gasteiger partial charge < -0.3 is 14.2 Å². The summed E-state index contributed by atoms with van der Waals surface area (Å²) < 4.78 is 17.8. The predicted octanol–water partition coefficient (Wildman–Crippen LogP) is 2.41. The van der Waals surface area contributed by atoms with E-state index in [-0.39, 0.29) is 5.78 Å². The number of ketones is 1. The lowest BCUT2D eigenvalue weighted by atomic mass is 10.0. The Labute approximate surface area is 151 Å². The molecule has 0 aliphatic carbocycles. The molecule has 0 bridgehead atoms. The first-order valence-electron chi connectivity index (χ1n) is 7.37. The number of benzene rings is 1. The molecule has 2 aliphatic heterocycles. The Morgan fingerprint density at radius 3 is 2.58 bits per heavy atom. The highest BCUT2D eigenvalue weighted by Crippen LogP contribution is 2.39. The first kappa shape index (κ1) is 17.3. The molecular weight excluding hydrogens is 394 g/mol. The van der Waals surface area contributed by atoms with Crippen molar-refractivity contribution in [2.75, 3.05) is 19.9 Å². The summed E-state index contributed by atoms with van der Waals surface area (Å²) in [5.41, 5.74) is 1.74. The van der Waals surface area contributed by atoms with Crippen LogP contribution in [0, 0.1) is 0 Å². The Kier molecular flexibility index (Phi) is 4.85. The third kappa shape index (κ3) is 2.92. The van der Waals surface area contributed by atoms with Gasteiger partial charge in [0.05, 0.1) is 18.4 Å². The van der Waals surface area contributed by atoms with Crippen LogP contribution in [0.3, 0.4) is 0 Å². The van der Waals surface area contributed by atoms with Crippen LogP contribution in [-0.2, 0) is 20.7 Å². The van der Waals surface area contributed by atoms with Gasteiger partial charge in [-0.05, 0) is 29.7 Å². The second kappa shape index (κ2) is 6.74. The number of carbonyl (C=O) groups is 2. The fourth-order valence-corrected chi connectivity index (χ4v) is 4.16. The maximum atomic E-state index is 13.0. The normalized spacial score (nSPS) is 20.8. The van der Waals surface area contributed by atoms with Crippen LogP contribution >= 0.6 is 15.9 Å². The summed E-state index contributed by atoms with van der Waals surface area (Å²) >= 11 is 2.04. The maximum Gasteiger partial charge on any atom is 0.335 e. The van der Waals surface area contributed by atoms with Gasteiger partial charge in [-0.2, -0.15) is 0 Å². The highest BCUT2D eigenvalue weighted by atomic mass is 79.9. The van der Waals surface area contributed by atoms with Crippen molar-refractivity contribution in [3.63, 3.8) is 0 Å². The number of nitrogens with zero attached hydrogens (tertiary/aromatic N) is 1. The summed E-state index contributed by atoms with van der Waals surface area (Å²) in [5, 5.41) is 0. The topological polar surface area (TPSA) is 69.7 Å². The lowest BCUT2D eigenvalue weighted by molar-refractivity contribution is -0.136. The molecule has 1 aromatic carbocycles. The maximum absolute atomic E-state index is 13.0. The number of Topliss-reactive ketones (excluding diaryl/α,β-unsaturated/α-hetero) is 1. The van der Waals surface area contributed by atoms with E-state index in [1.165, 1.54) is 7.11 Å². The van der Waals surface area contributed by atoms with Crippen molar-refractivity contribution in [3.8, 4) is 0 Å². The molecule has 126 valence electrons. The molecule has 2 unspecified atom stereocenters. The third-order valence-corrected chi connectivity index (χ3v) is 5.76. The van der Waals surface area contributed by atoms with E-state index in [1.807, 2.05) is 4.90 Å². The van der Waals surface area contributed by atoms with Gasteiger partial charge in [-0.25, -0.2) is 4.79 Å². The second-order valence-electron chi connectivity index (χ2n) is 5.57. The molecule has 0 fully saturated rings. The number of esters is 1. The first-order chi connectivity index (χ1) is 11.4. The van der Waals surface area contributed by atoms with Gasteiger partial charge in [-0.1, -0.05) is 28.1 Å². The van der Waals surface area contributed by atoms with Gasteiger partial charge in [-0.3, -0.25) is 4.79 Å². The number of fused-ring (bicyclic) bond motifs is 1. The Morgan fingerprint density at radius 2 is 2.00 bits per heavy atom. The van der Waals surface area contributed by atoms with Gasteiger partial charge in [0, 0.05) is 22.7 Å². The zero-order chi connectivity index (χ0) is 17.4. The molecule has 0 amide bonds. The molecule has 2 atom stereocenters. The lowest BCUT2D eigenvalue weighted by Crippen LogP contribution is -2.38. The van der Waals surface area contributed by atoms with Crippen molar-refractivity contribution in [2.45, 2.75) is 12.5 Å². The smallest absolute Gasteiger partial charge is 0.335 e. The largest absolute Gasteiger partial charge is 0.612 e. The van der Waals surface area contributed by atoms with E-state index in [0.29, 0.717) is 34.7 Å². The molecule has 24 heavy (non-hydrogen) atoms. The molecule has 2 heterocycles. The quantitative estimate of drug-likeness (QED) is 0.433. The molecule has 0 saturated heterocycles. The fourth-order valence-electron chi connectivity index (χ4n) is 3.07. The molecular formula is C17H16BrNO4S. The molecule has 0 aromatic heterocycles. The van der Waals surface area contributed by atoms with E-state index >= 15 is 0 Å². The number of halogens is 1. The number of rotatable bonds is 4. The van der Waals surface area contributed by atoms with Crippen LogP contribution in [0.5, 0.6) is 0 Å². The molecule has 3 rings (SSSR count). The molecule has 0 radical (unpaired) electrons. The summed E-state index contributed by atoms with van der Waals surface area (Å²) in [5.74, 6) is -0.521. The fraction of sp³-hybridized carbons (Fsp3) is 0.294. The summed E-state index contributed by atoms with van der Waals surface area (Å²) in [6.45, 7) is 0.532. The molecule has 0 saturated carbocycles. The number of carbonyl (C=O) groups excluding carboxylic acids is 2. The average Bonchev–Trinajstić information content (AvgIpc) is 3.13. The Morgan fingerprint density at radius 1 is 1.33 bits per heavy atom.